The third kappa shape index (κ3) is 7.29. The van der Waals surface area contributed by atoms with E-state index in [1.165, 1.54) is 0 Å². The van der Waals surface area contributed by atoms with E-state index in [0.717, 1.165) is 24.8 Å². The summed E-state index contributed by atoms with van der Waals surface area (Å²) in [5.41, 5.74) is 0.107. The van der Waals surface area contributed by atoms with Crippen LogP contribution in [-0.2, 0) is 38.3 Å². The van der Waals surface area contributed by atoms with Gasteiger partial charge in [0.15, 0.2) is 11.6 Å². The molecule has 0 aromatic rings. The van der Waals surface area contributed by atoms with Crippen molar-refractivity contribution in [1.29, 1.82) is 0 Å². The number of esters is 2. The Bertz CT molecular complexity index is 1270. The molecule has 3 saturated carbocycles. The zero-order chi connectivity index (χ0) is 33.1. The van der Waals surface area contributed by atoms with Crippen molar-refractivity contribution in [3.63, 3.8) is 0 Å². The van der Waals surface area contributed by atoms with Gasteiger partial charge in [-0.1, -0.05) is 38.8 Å². The minimum Gasteiger partial charge on any atom is -0.478 e. The largest absolute Gasteiger partial charge is 0.478 e. The molecule has 3 fully saturated rings. The number of aliphatic carboxylic acids is 1. The smallest absolute Gasteiger partial charge is 0.345 e. The van der Waals surface area contributed by atoms with Crippen LogP contribution in [0.4, 0.5) is 0 Å². The molecule has 0 bridgehead atoms. The molecule has 0 saturated heterocycles. The number of carboxylic acids is 1. The van der Waals surface area contributed by atoms with Crippen LogP contribution in [0.5, 0.6) is 0 Å². The van der Waals surface area contributed by atoms with E-state index in [1.807, 2.05) is 19.9 Å². The van der Waals surface area contributed by atoms with Gasteiger partial charge < -0.3 is 24.5 Å². The summed E-state index contributed by atoms with van der Waals surface area (Å²) in [4.78, 5) is 76.2. The predicted molar refractivity (Wildman–Crippen MR) is 156 cm³/mol. The van der Waals surface area contributed by atoms with Crippen molar-refractivity contribution in [2.45, 2.75) is 90.8 Å². The Morgan fingerprint density at radius 2 is 1.89 bits per heavy atom. The van der Waals surface area contributed by atoms with E-state index < -0.39 is 65.0 Å². The Morgan fingerprint density at radius 1 is 1.16 bits per heavy atom. The lowest BCUT2D eigenvalue weighted by Gasteiger charge is -2.58. The van der Waals surface area contributed by atoms with E-state index in [4.69, 9.17) is 9.47 Å². The number of aliphatic hydroxyl groups is 1. The topological polar surface area (TPSA) is 197 Å². The molecule has 13 heteroatoms. The SMILES string of the molecule is CC1CC2C3CCC4=CC(=O)C=CC4(C)C3C(O)CC2(C)C1C(=O)COC(=O)CC(OC(=O)CCCCCO[N+](=O)[O-])C(=O)O. The van der Waals surface area contributed by atoms with Crippen LogP contribution in [0.25, 0.3) is 0 Å². The molecular weight excluding hydrogens is 590 g/mol. The highest BCUT2D eigenvalue weighted by molar-refractivity contribution is 6.01. The molecule has 4 rings (SSSR count). The molecule has 9 atom stereocenters. The number of nitrogens with zero attached hydrogens (tertiary/aromatic N) is 1. The first-order chi connectivity index (χ1) is 21.2. The maximum Gasteiger partial charge on any atom is 0.345 e. The molecule has 0 radical (unpaired) electrons. The molecule has 13 nitrogen and oxygen atoms in total. The summed E-state index contributed by atoms with van der Waals surface area (Å²) in [5.74, 6) is -3.94. The van der Waals surface area contributed by atoms with Gasteiger partial charge >= 0.3 is 17.9 Å². The number of rotatable bonds is 14. The van der Waals surface area contributed by atoms with Gasteiger partial charge in [0, 0.05) is 23.7 Å². The van der Waals surface area contributed by atoms with Crippen molar-refractivity contribution in [3.8, 4) is 0 Å². The third-order valence-electron chi connectivity index (χ3n) is 10.7. The van der Waals surface area contributed by atoms with Crippen LogP contribution in [0.3, 0.4) is 0 Å². The maximum absolute atomic E-state index is 13.6. The second-order valence-electron chi connectivity index (χ2n) is 13.5. The molecule has 248 valence electrons. The second-order valence-corrected chi connectivity index (χ2v) is 13.5. The van der Waals surface area contributed by atoms with Gasteiger partial charge in [-0.2, -0.15) is 0 Å². The van der Waals surface area contributed by atoms with Gasteiger partial charge in [0.05, 0.1) is 19.1 Å². The molecule has 0 heterocycles. The molecular formula is C32H43NO12. The molecule has 2 N–H and O–H groups in total. The lowest BCUT2D eigenvalue weighted by molar-refractivity contribution is -0.757. The standard InChI is InChI=1S/C32H43NO12/c1-18-13-22-21-9-8-19-14-20(34)10-11-31(19,2)29(21)23(35)16-32(22,3)28(18)24(36)17-43-27(38)15-25(30(39)40)45-26(37)7-5-4-6-12-44-33(41)42/h10-11,14,18,21-23,25,28-29,35H,4-9,12-13,15-17H2,1-3H3,(H,39,40). The normalized spacial score (nSPS) is 34.0. The lowest BCUT2D eigenvalue weighted by Crippen LogP contribution is -2.56. The third-order valence-corrected chi connectivity index (χ3v) is 10.7. The quantitative estimate of drug-likeness (QED) is 0.123. The van der Waals surface area contributed by atoms with E-state index in [1.54, 1.807) is 12.2 Å². The van der Waals surface area contributed by atoms with Crippen molar-refractivity contribution in [3.05, 3.63) is 33.9 Å². The van der Waals surface area contributed by atoms with Crippen LogP contribution in [0.2, 0.25) is 0 Å². The minimum absolute atomic E-state index is 0.0239. The van der Waals surface area contributed by atoms with Crippen molar-refractivity contribution in [1.82, 2.24) is 0 Å². The lowest BCUT2D eigenvalue weighted by atomic mass is 9.46. The van der Waals surface area contributed by atoms with Crippen molar-refractivity contribution < 1.29 is 53.6 Å². The summed E-state index contributed by atoms with van der Waals surface area (Å²) < 4.78 is 10.1. The number of unbranched alkanes of at least 4 members (excludes halogenated alkanes) is 2. The number of Topliss-reactive ketones (excluding diaryl/α,β-unsaturated/α-hetero) is 1. The minimum atomic E-state index is -1.79. The summed E-state index contributed by atoms with van der Waals surface area (Å²) in [5, 5.41) is 30.2. The Labute approximate surface area is 261 Å². The number of hydrogen-bond acceptors (Lipinski definition) is 11. The van der Waals surface area contributed by atoms with Gasteiger partial charge in [-0.3, -0.25) is 19.2 Å². The molecule has 9 unspecified atom stereocenters. The fourth-order valence-corrected chi connectivity index (χ4v) is 8.91. The first-order valence-corrected chi connectivity index (χ1v) is 15.7. The Kier molecular flexibility index (Phi) is 10.5. The van der Waals surface area contributed by atoms with E-state index in [2.05, 4.69) is 11.8 Å². The molecule has 4 aliphatic carbocycles. The number of hydrogen-bond donors (Lipinski definition) is 2. The molecule has 0 aliphatic heterocycles. The molecule has 45 heavy (non-hydrogen) atoms. The molecule has 0 spiro atoms. The molecule has 4 aliphatic rings. The highest BCUT2D eigenvalue weighted by Gasteiger charge is 2.64. The summed E-state index contributed by atoms with van der Waals surface area (Å²) in [6, 6.07) is 0. The molecule has 0 aromatic carbocycles. The van der Waals surface area contributed by atoms with Crippen LogP contribution in [0.15, 0.2) is 23.8 Å². The summed E-state index contributed by atoms with van der Waals surface area (Å²) >= 11 is 0. The average molecular weight is 634 g/mol. The van der Waals surface area contributed by atoms with Gasteiger partial charge in [0.2, 0.25) is 6.10 Å². The number of allylic oxidation sites excluding steroid dienone is 4. The fraction of sp³-hybridized carbons (Fsp3) is 0.719. The summed E-state index contributed by atoms with van der Waals surface area (Å²) in [7, 11) is 0. The zero-order valence-electron chi connectivity index (χ0n) is 26.0. The number of ether oxygens (including phenoxy) is 2. The predicted octanol–water partition coefficient (Wildman–Crippen LogP) is 3.39. The highest BCUT2D eigenvalue weighted by atomic mass is 16.9. The van der Waals surface area contributed by atoms with Gasteiger partial charge in [-0.25, -0.2) is 4.79 Å². The Hall–Kier alpha value is -3.61. The molecule has 0 amide bonds. The average Bonchev–Trinajstić information content (AvgIpc) is 3.22. The van der Waals surface area contributed by atoms with Gasteiger partial charge in [-0.15, -0.1) is 10.1 Å². The number of carbonyl (C=O) groups excluding carboxylic acids is 4. The Balaban J connectivity index is 1.31. The monoisotopic (exact) mass is 633 g/mol. The van der Waals surface area contributed by atoms with E-state index in [9.17, 15) is 44.3 Å². The maximum atomic E-state index is 13.6. The number of ketones is 2. The van der Waals surface area contributed by atoms with Gasteiger partial charge in [0.1, 0.15) is 6.61 Å². The van der Waals surface area contributed by atoms with Crippen LogP contribution in [0, 0.1) is 50.5 Å². The summed E-state index contributed by atoms with van der Waals surface area (Å²) in [6.07, 6.45) is 5.62. The van der Waals surface area contributed by atoms with Gasteiger partial charge in [0.25, 0.3) is 5.09 Å². The van der Waals surface area contributed by atoms with Crippen LogP contribution in [0.1, 0.15) is 78.6 Å². The Morgan fingerprint density at radius 3 is 2.58 bits per heavy atom. The molecule has 0 aromatic heterocycles. The number of carboxylic acid groups (broad SMARTS) is 1. The van der Waals surface area contributed by atoms with Crippen LogP contribution in [-0.4, -0.2) is 70.2 Å². The van der Waals surface area contributed by atoms with Crippen LogP contribution >= 0.6 is 0 Å². The number of aliphatic hydroxyl groups excluding tert-OH is 1. The second kappa shape index (κ2) is 13.8. The first kappa shape index (κ1) is 34.3. The van der Waals surface area contributed by atoms with Gasteiger partial charge in [-0.05, 0) is 73.8 Å². The van der Waals surface area contributed by atoms with Crippen molar-refractivity contribution >= 4 is 29.5 Å². The van der Waals surface area contributed by atoms with Crippen LogP contribution < -0.4 is 0 Å². The summed E-state index contributed by atoms with van der Waals surface area (Å²) in [6.45, 7) is 5.45. The fourth-order valence-electron chi connectivity index (χ4n) is 8.91. The van der Waals surface area contributed by atoms with E-state index >= 15 is 0 Å². The zero-order valence-corrected chi connectivity index (χ0v) is 26.0. The highest BCUT2D eigenvalue weighted by Crippen LogP contribution is 2.67. The first-order valence-electron chi connectivity index (χ1n) is 15.7. The van der Waals surface area contributed by atoms with Crippen molar-refractivity contribution in [2.75, 3.05) is 13.2 Å². The van der Waals surface area contributed by atoms with E-state index in [-0.39, 0.29) is 54.7 Å². The van der Waals surface area contributed by atoms with Crippen molar-refractivity contribution in [2.24, 2.45) is 40.4 Å². The number of fused-ring (bicyclic) bond motifs is 5. The number of carbonyl (C=O) groups is 5. The van der Waals surface area contributed by atoms with E-state index in [0.29, 0.717) is 19.3 Å².